The molecular formula is C47H41N3. The molecule has 1 heterocycles. The number of aromatic nitrogens is 1. The van der Waals surface area contributed by atoms with Crippen LogP contribution in [0.4, 0.5) is 34.3 Å². The number of nitrogens with zero attached hydrogens (tertiary/aromatic N) is 3. The fourth-order valence-corrected chi connectivity index (χ4v) is 6.04. The van der Waals surface area contributed by atoms with E-state index < -0.39 is 0 Å². The Morgan fingerprint density at radius 2 is 0.660 bits per heavy atom. The van der Waals surface area contributed by atoms with E-state index >= 15 is 0 Å². The molecule has 0 amide bonds. The first-order valence-corrected chi connectivity index (χ1v) is 17.1. The van der Waals surface area contributed by atoms with Gasteiger partial charge in [-0.2, -0.15) is 0 Å². The summed E-state index contributed by atoms with van der Waals surface area (Å²) in [5, 5.41) is 0. The van der Waals surface area contributed by atoms with Crippen LogP contribution in [0.15, 0.2) is 164 Å². The number of benzene rings is 6. The number of rotatable bonds is 9. The highest BCUT2D eigenvalue weighted by molar-refractivity contribution is 5.79. The molecule has 0 saturated carbocycles. The first-order valence-electron chi connectivity index (χ1n) is 17.1. The van der Waals surface area contributed by atoms with Crippen LogP contribution in [0.25, 0.3) is 23.3 Å². The maximum absolute atomic E-state index is 4.93. The summed E-state index contributed by atoms with van der Waals surface area (Å²) in [7, 11) is 0. The van der Waals surface area contributed by atoms with Gasteiger partial charge in [-0.15, -0.1) is 0 Å². The Morgan fingerprint density at radius 1 is 0.340 bits per heavy atom. The van der Waals surface area contributed by atoms with Crippen LogP contribution in [0.1, 0.15) is 33.4 Å². The molecule has 0 N–H and O–H groups in total. The summed E-state index contributed by atoms with van der Waals surface area (Å²) >= 11 is 0. The maximum atomic E-state index is 4.93. The van der Waals surface area contributed by atoms with Crippen molar-refractivity contribution in [2.24, 2.45) is 0 Å². The molecule has 0 unspecified atom stereocenters. The monoisotopic (exact) mass is 647 g/mol. The lowest BCUT2D eigenvalue weighted by Crippen LogP contribution is -2.11. The molecule has 0 spiro atoms. The number of anilines is 6. The van der Waals surface area contributed by atoms with E-state index in [0.29, 0.717) is 0 Å². The summed E-state index contributed by atoms with van der Waals surface area (Å²) in [6.45, 7) is 8.46. The second-order valence-electron chi connectivity index (χ2n) is 13.0. The molecule has 0 aliphatic heterocycles. The summed E-state index contributed by atoms with van der Waals surface area (Å²) < 4.78 is 0. The molecule has 6 aromatic carbocycles. The summed E-state index contributed by atoms with van der Waals surface area (Å²) in [6.07, 6.45) is 6.30. The minimum absolute atomic E-state index is 0.882. The molecule has 0 radical (unpaired) electrons. The van der Waals surface area contributed by atoms with Crippen LogP contribution < -0.4 is 9.80 Å². The first kappa shape index (κ1) is 32.4. The van der Waals surface area contributed by atoms with Gasteiger partial charge in [-0.1, -0.05) is 119 Å². The van der Waals surface area contributed by atoms with Crippen molar-refractivity contribution in [2.45, 2.75) is 27.7 Å². The predicted molar refractivity (Wildman–Crippen MR) is 213 cm³/mol. The molecule has 50 heavy (non-hydrogen) atoms. The van der Waals surface area contributed by atoms with Crippen LogP contribution in [0, 0.1) is 27.7 Å². The third kappa shape index (κ3) is 7.43. The highest BCUT2D eigenvalue weighted by Crippen LogP contribution is 2.36. The average molecular weight is 648 g/mol. The summed E-state index contributed by atoms with van der Waals surface area (Å²) in [6, 6.07) is 56.2. The van der Waals surface area contributed by atoms with Gasteiger partial charge in [-0.25, -0.2) is 4.98 Å². The smallest absolute Gasteiger partial charge is 0.137 e. The Labute approximate surface area is 296 Å². The summed E-state index contributed by atoms with van der Waals surface area (Å²) in [4.78, 5) is 9.43. The van der Waals surface area contributed by atoms with Crippen LogP contribution in [-0.2, 0) is 0 Å². The maximum Gasteiger partial charge on any atom is 0.137 e. The summed E-state index contributed by atoms with van der Waals surface area (Å²) in [5.74, 6) is 0.882. The Bertz CT molecular complexity index is 2090. The highest BCUT2D eigenvalue weighted by atomic mass is 15.2. The Balaban J connectivity index is 1.07. The first-order chi connectivity index (χ1) is 24.4. The zero-order valence-electron chi connectivity index (χ0n) is 29.1. The van der Waals surface area contributed by atoms with Crippen LogP contribution in [-0.4, -0.2) is 4.98 Å². The van der Waals surface area contributed by atoms with E-state index in [1.807, 2.05) is 6.20 Å². The standard InChI is InChI=1S/C47H41N3/c1-34-5-22-42(23-6-34)49(43-24-7-35(2)8-25-43)44-30-17-39(18-31-44)14-13-38-15-19-40(20-16-38)41-21-32-47(48-33-41)50(45-26-9-36(3)10-27-45)46-28-11-37(4)12-29-46/h5-33H,1-4H3/b14-13+. The molecule has 0 fully saturated rings. The number of pyridine rings is 1. The van der Waals surface area contributed by atoms with Crippen LogP contribution in [0.5, 0.6) is 0 Å². The van der Waals surface area contributed by atoms with Crippen molar-refractivity contribution in [3.05, 3.63) is 197 Å². The third-order valence-corrected chi connectivity index (χ3v) is 9.01. The SMILES string of the molecule is Cc1ccc(N(c2ccc(C)cc2)c2ccc(/C=C/c3ccc(-c4ccc(N(c5ccc(C)cc5)c5ccc(C)cc5)nc4)cc3)cc2)cc1. The van der Waals surface area contributed by atoms with Gasteiger partial charge in [0.05, 0.1) is 0 Å². The van der Waals surface area contributed by atoms with Gasteiger partial charge in [0.15, 0.2) is 0 Å². The topological polar surface area (TPSA) is 19.4 Å². The molecule has 3 heteroatoms. The van der Waals surface area contributed by atoms with E-state index in [1.54, 1.807) is 0 Å². The second kappa shape index (κ2) is 14.5. The van der Waals surface area contributed by atoms with E-state index in [9.17, 15) is 0 Å². The van der Waals surface area contributed by atoms with Gasteiger partial charge in [0.25, 0.3) is 0 Å². The second-order valence-corrected chi connectivity index (χ2v) is 13.0. The normalized spacial score (nSPS) is 11.1. The molecule has 1 aromatic heterocycles. The van der Waals surface area contributed by atoms with Crippen LogP contribution in [0.3, 0.4) is 0 Å². The Hall–Kier alpha value is -6.19. The van der Waals surface area contributed by atoms with Crippen molar-refractivity contribution < 1.29 is 0 Å². The Morgan fingerprint density at radius 3 is 1.02 bits per heavy atom. The fourth-order valence-electron chi connectivity index (χ4n) is 6.04. The van der Waals surface area contributed by atoms with Crippen LogP contribution in [0.2, 0.25) is 0 Å². The lowest BCUT2D eigenvalue weighted by atomic mass is 10.0. The zero-order valence-corrected chi connectivity index (χ0v) is 29.1. The van der Waals surface area contributed by atoms with Gasteiger partial charge in [-0.05, 0) is 117 Å². The van der Waals surface area contributed by atoms with Gasteiger partial charge in [0.2, 0.25) is 0 Å². The van der Waals surface area contributed by atoms with E-state index in [1.165, 1.54) is 22.3 Å². The lowest BCUT2D eigenvalue weighted by molar-refractivity contribution is 1.18. The van der Waals surface area contributed by atoms with Gasteiger partial charge in [0.1, 0.15) is 5.82 Å². The van der Waals surface area contributed by atoms with Crippen molar-refractivity contribution in [3.8, 4) is 11.1 Å². The molecular weight excluding hydrogens is 607 g/mol. The molecule has 0 saturated heterocycles. The van der Waals surface area contributed by atoms with E-state index in [2.05, 4.69) is 207 Å². The highest BCUT2D eigenvalue weighted by Gasteiger charge is 2.14. The van der Waals surface area contributed by atoms with E-state index in [0.717, 1.165) is 56.5 Å². The molecule has 0 aliphatic rings. The van der Waals surface area contributed by atoms with Gasteiger partial charge < -0.3 is 4.90 Å². The fraction of sp³-hybridized carbons (Fsp3) is 0.0851. The Kier molecular flexibility index (Phi) is 9.39. The van der Waals surface area contributed by atoms with Crippen molar-refractivity contribution >= 4 is 46.4 Å². The minimum Gasteiger partial charge on any atom is -0.311 e. The quantitative estimate of drug-likeness (QED) is 0.145. The summed E-state index contributed by atoms with van der Waals surface area (Å²) in [5.41, 5.74) is 15.1. The number of aryl methyl sites for hydroxylation is 4. The van der Waals surface area contributed by atoms with E-state index in [-0.39, 0.29) is 0 Å². The van der Waals surface area contributed by atoms with Gasteiger partial charge in [0, 0.05) is 40.2 Å². The lowest BCUT2D eigenvalue weighted by Gasteiger charge is -2.25. The average Bonchev–Trinajstić information content (AvgIpc) is 3.15. The molecule has 0 aliphatic carbocycles. The largest absolute Gasteiger partial charge is 0.311 e. The molecule has 244 valence electrons. The predicted octanol–water partition coefficient (Wildman–Crippen LogP) is 13.1. The molecule has 0 bridgehead atoms. The van der Waals surface area contributed by atoms with E-state index in [4.69, 9.17) is 4.98 Å². The van der Waals surface area contributed by atoms with Gasteiger partial charge in [-0.3, -0.25) is 4.90 Å². The van der Waals surface area contributed by atoms with Crippen LogP contribution >= 0.6 is 0 Å². The van der Waals surface area contributed by atoms with Crippen molar-refractivity contribution in [3.63, 3.8) is 0 Å². The third-order valence-electron chi connectivity index (χ3n) is 9.01. The van der Waals surface area contributed by atoms with Crippen molar-refractivity contribution in [2.75, 3.05) is 9.80 Å². The molecule has 3 nitrogen and oxygen atoms in total. The van der Waals surface area contributed by atoms with Crippen molar-refractivity contribution in [1.29, 1.82) is 0 Å². The molecule has 0 atom stereocenters. The molecule has 7 aromatic rings. The number of hydrogen-bond donors (Lipinski definition) is 0. The van der Waals surface area contributed by atoms with Gasteiger partial charge >= 0.3 is 0 Å². The van der Waals surface area contributed by atoms with Crippen molar-refractivity contribution in [1.82, 2.24) is 4.98 Å². The number of hydrogen-bond acceptors (Lipinski definition) is 3. The minimum atomic E-state index is 0.882. The zero-order chi connectivity index (χ0) is 34.5. The molecule has 7 rings (SSSR count).